The Morgan fingerprint density at radius 3 is 2.73 bits per heavy atom. The summed E-state index contributed by atoms with van der Waals surface area (Å²) in [6.07, 6.45) is 3.30. The third-order valence-corrected chi connectivity index (χ3v) is 7.40. The number of para-hydroxylation sites is 1. The number of nitrogens with one attached hydrogen (secondary N) is 3. The van der Waals surface area contributed by atoms with Gasteiger partial charge in [0.25, 0.3) is 5.91 Å². The lowest BCUT2D eigenvalue weighted by molar-refractivity contribution is -0.139. The van der Waals surface area contributed by atoms with E-state index in [1.807, 2.05) is 24.3 Å². The topological polar surface area (TPSA) is 70.2 Å². The Balaban J connectivity index is 1.35. The van der Waals surface area contributed by atoms with Gasteiger partial charge in [0.15, 0.2) is 0 Å². The minimum absolute atomic E-state index is 0.0251. The van der Waals surface area contributed by atoms with Gasteiger partial charge in [-0.25, -0.2) is 4.39 Å². The molecule has 156 valence electrons. The molecule has 3 fully saturated rings. The van der Waals surface area contributed by atoms with Gasteiger partial charge in [0, 0.05) is 29.6 Å². The molecule has 2 bridgehead atoms. The van der Waals surface area contributed by atoms with E-state index in [0.717, 1.165) is 18.5 Å². The molecular formula is C24H26FN3O2. The Morgan fingerprint density at radius 2 is 1.93 bits per heavy atom. The van der Waals surface area contributed by atoms with Gasteiger partial charge in [0.2, 0.25) is 5.91 Å². The van der Waals surface area contributed by atoms with Crippen molar-refractivity contribution in [2.75, 3.05) is 5.32 Å². The molecule has 6 rings (SSSR count). The van der Waals surface area contributed by atoms with Crippen LogP contribution in [0.2, 0.25) is 0 Å². The molecule has 6 heteroatoms. The zero-order valence-electron chi connectivity index (χ0n) is 17.0. The summed E-state index contributed by atoms with van der Waals surface area (Å²) in [4.78, 5) is 25.9. The summed E-state index contributed by atoms with van der Waals surface area (Å²) in [6.45, 7) is 2.34. The van der Waals surface area contributed by atoms with E-state index in [1.54, 1.807) is 18.2 Å². The summed E-state index contributed by atoms with van der Waals surface area (Å²) < 4.78 is 13.9. The highest BCUT2D eigenvalue weighted by atomic mass is 19.1. The summed E-state index contributed by atoms with van der Waals surface area (Å²) in [7, 11) is 0. The number of rotatable bonds is 3. The van der Waals surface area contributed by atoms with Crippen LogP contribution in [0, 0.1) is 23.1 Å². The van der Waals surface area contributed by atoms with Crippen LogP contribution in [0.5, 0.6) is 0 Å². The van der Waals surface area contributed by atoms with Crippen molar-refractivity contribution in [2.24, 2.45) is 17.3 Å². The molecular weight excluding hydrogens is 381 g/mol. The van der Waals surface area contributed by atoms with Crippen LogP contribution in [-0.2, 0) is 11.3 Å². The van der Waals surface area contributed by atoms with Crippen molar-refractivity contribution in [1.82, 2.24) is 10.6 Å². The average molecular weight is 407 g/mol. The first-order valence-corrected chi connectivity index (χ1v) is 10.6. The Hall–Kier alpha value is -2.89. The molecule has 2 amide bonds. The highest BCUT2D eigenvalue weighted by molar-refractivity contribution is 6.02. The van der Waals surface area contributed by atoms with E-state index in [1.165, 1.54) is 6.07 Å². The normalized spacial score (nSPS) is 31.6. The molecule has 1 heterocycles. The molecule has 0 unspecified atom stereocenters. The van der Waals surface area contributed by atoms with Crippen LogP contribution in [0.4, 0.5) is 10.1 Å². The Bertz CT molecular complexity index is 1030. The summed E-state index contributed by atoms with van der Waals surface area (Å²) in [6, 6.07) is 14.1. The van der Waals surface area contributed by atoms with E-state index in [-0.39, 0.29) is 41.4 Å². The number of carbonyl (C=O) groups is 2. The van der Waals surface area contributed by atoms with Gasteiger partial charge in [-0.05, 0) is 49.3 Å². The largest absolute Gasteiger partial charge is 0.362 e. The van der Waals surface area contributed by atoms with Crippen LogP contribution in [-0.4, -0.2) is 17.5 Å². The van der Waals surface area contributed by atoms with Gasteiger partial charge >= 0.3 is 0 Å². The highest BCUT2D eigenvalue weighted by Gasteiger charge is 2.60. The summed E-state index contributed by atoms with van der Waals surface area (Å²) in [5.41, 5.74) is 1.26. The maximum Gasteiger partial charge on any atom is 0.255 e. The number of benzene rings is 2. The monoisotopic (exact) mass is 407 g/mol. The first kappa shape index (κ1) is 19.1. The van der Waals surface area contributed by atoms with E-state index >= 15 is 0 Å². The van der Waals surface area contributed by atoms with Crippen LogP contribution >= 0.6 is 0 Å². The van der Waals surface area contributed by atoms with Crippen LogP contribution < -0.4 is 16.0 Å². The Morgan fingerprint density at radius 1 is 1.17 bits per heavy atom. The molecule has 3 N–H and O–H groups in total. The second kappa shape index (κ2) is 6.83. The van der Waals surface area contributed by atoms with Gasteiger partial charge in [-0.2, -0.15) is 0 Å². The minimum atomic E-state index is -0.513. The summed E-state index contributed by atoms with van der Waals surface area (Å²) >= 11 is 0. The minimum Gasteiger partial charge on any atom is -0.362 e. The second-order valence-corrected chi connectivity index (χ2v) is 9.26. The third-order valence-electron chi connectivity index (χ3n) is 7.40. The zero-order chi connectivity index (χ0) is 20.9. The molecule has 0 aromatic heterocycles. The van der Waals surface area contributed by atoms with E-state index in [2.05, 4.69) is 22.9 Å². The number of fused-ring (bicyclic) bond motifs is 3. The SMILES string of the molecule is C[C@]12CC[C@@H](C[C@@H]1C(=O)NCc1ccccc1F)[C@]1(C2)NC(=O)c2ccccc2N1. The van der Waals surface area contributed by atoms with Crippen molar-refractivity contribution in [3.8, 4) is 0 Å². The fraction of sp³-hybridized carbons (Fsp3) is 0.417. The van der Waals surface area contributed by atoms with Crippen molar-refractivity contribution in [3.63, 3.8) is 0 Å². The lowest BCUT2D eigenvalue weighted by Gasteiger charge is -2.60. The molecule has 2 aromatic carbocycles. The maximum absolute atomic E-state index is 13.9. The molecule has 1 aliphatic heterocycles. The molecule has 3 aliphatic carbocycles. The van der Waals surface area contributed by atoms with Gasteiger partial charge in [-0.3, -0.25) is 9.59 Å². The van der Waals surface area contributed by atoms with Crippen molar-refractivity contribution in [2.45, 2.75) is 44.8 Å². The third kappa shape index (κ3) is 2.97. The van der Waals surface area contributed by atoms with Gasteiger partial charge in [-0.1, -0.05) is 37.3 Å². The number of hydrogen-bond acceptors (Lipinski definition) is 3. The van der Waals surface area contributed by atoms with E-state index < -0.39 is 5.66 Å². The quantitative estimate of drug-likeness (QED) is 0.724. The number of carbonyl (C=O) groups excluding carboxylic acids is 2. The van der Waals surface area contributed by atoms with Crippen LogP contribution in [0.3, 0.4) is 0 Å². The molecule has 0 radical (unpaired) electrons. The van der Waals surface area contributed by atoms with Crippen molar-refractivity contribution < 1.29 is 14.0 Å². The van der Waals surface area contributed by atoms with Gasteiger partial charge in [-0.15, -0.1) is 0 Å². The fourth-order valence-electron chi connectivity index (χ4n) is 5.80. The molecule has 30 heavy (non-hydrogen) atoms. The predicted molar refractivity (Wildman–Crippen MR) is 112 cm³/mol. The number of amides is 2. The molecule has 1 spiro atoms. The summed E-state index contributed by atoms with van der Waals surface area (Å²) in [5, 5.41) is 9.80. The van der Waals surface area contributed by atoms with Gasteiger partial charge in [0.1, 0.15) is 11.5 Å². The van der Waals surface area contributed by atoms with Crippen LogP contribution in [0.1, 0.15) is 48.5 Å². The van der Waals surface area contributed by atoms with Crippen LogP contribution in [0.25, 0.3) is 0 Å². The number of halogens is 1. The fourth-order valence-corrected chi connectivity index (χ4v) is 5.80. The van der Waals surface area contributed by atoms with Crippen molar-refractivity contribution in [3.05, 3.63) is 65.5 Å². The molecule has 4 aliphatic rings. The second-order valence-electron chi connectivity index (χ2n) is 9.26. The smallest absolute Gasteiger partial charge is 0.255 e. The Labute approximate surface area is 175 Å². The standard InChI is InChI=1S/C24H26FN3O2/c1-23-11-10-16(12-18(23)22(30)26-13-15-6-2-4-8-19(15)25)24(14-23)27-20-9-5-3-7-17(20)21(29)28-24/h2-9,16,18,27H,10-14H2,1H3,(H,26,30)(H,28,29)/t16-,18+,23+,24-/m0/s1. The van der Waals surface area contributed by atoms with E-state index in [4.69, 9.17) is 0 Å². The zero-order valence-corrected chi connectivity index (χ0v) is 17.0. The Kier molecular flexibility index (Phi) is 4.34. The summed E-state index contributed by atoms with van der Waals surface area (Å²) in [5.74, 6) is -0.366. The lowest BCUT2D eigenvalue weighted by Crippen LogP contribution is -2.70. The van der Waals surface area contributed by atoms with Gasteiger partial charge < -0.3 is 16.0 Å². The number of hydrogen-bond donors (Lipinski definition) is 3. The molecule has 4 atom stereocenters. The molecule has 0 saturated heterocycles. The molecule has 5 nitrogen and oxygen atoms in total. The van der Waals surface area contributed by atoms with E-state index in [0.29, 0.717) is 24.0 Å². The first-order valence-electron chi connectivity index (χ1n) is 10.6. The van der Waals surface area contributed by atoms with Crippen molar-refractivity contribution >= 4 is 17.5 Å². The maximum atomic E-state index is 13.9. The lowest BCUT2D eigenvalue weighted by atomic mass is 9.51. The molecule has 3 saturated carbocycles. The first-order chi connectivity index (χ1) is 14.4. The van der Waals surface area contributed by atoms with Gasteiger partial charge in [0.05, 0.1) is 5.56 Å². The highest BCUT2D eigenvalue weighted by Crippen LogP contribution is 2.58. The predicted octanol–water partition coefficient (Wildman–Crippen LogP) is 3.82. The molecule has 2 aromatic rings. The van der Waals surface area contributed by atoms with Crippen molar-refractivity contribution in [1.29, 1.82) is 0 Å². The average Bonchev–Trinajstić information content (AvgIpc) is 2.72. The van der Waals surface area contributed by atoms with E-state index in [9.17, 15) is 14.0 Å². The van der Waals surface area contributed by atoms with Crippen LogP contribution in [0.15, 0.2) is 48.5 Å². The number of anilines is 1.